The van der Waals surface area contributed by atoms with Crippen LogP contribution in [0, 0.1) is 0 Å². The topological polar surface area (TPSA) is 35.5 Å². The summed E-state index contributed by atoms with van der Waals surface area (Å²) in [4.78, 5) is 0. The molecule has 1 heterocycles. The summed E-state index contributed by atoms with van der Waals surface area (Å²) < 4.78 is 19.8. The molecule has 1 saturated heterocycles. The molecule has 0 aromatic heterocycles. The second-order valence-electron chi connectivity index (χ2n) is 1.73. The van der Waals surface area contributed by atoms with Crippen molar-refractivity contribution in [3.05, 3.63) is 0 Å². The molecule has 6 heteroatoms. The van der Waals surface area contributed by atoms with E-state index in [0.717, 1.165) is 5.75 Å². The summed E-state index contributed by atoms with van der Waals surface area (Å²) in [6, 6.07) is 0. The first kappa shape index (κ1) is 11.4. The Bertz CT molecular complexity index is 117. The number of hydrogen-bond donors (Lipinski definition) is 0. The third-order valence-corrected chi connectivity index (χ3v) is 2.66. The normalized spacial score (nSPS) is 32.1. The van der Waals surface area contributed by atoms with Gasteiger partial charge in [0.2, 0.25) is 5.12 Å². The van der Waals surface area contributed by atoms with Crippen LogP contribution in [-0.4, -0.2) is 47.0 Å². The van der Waals surface area contributed by atoms with E-state index in [1.165, 1.54) is 11.8 Å². The van der Waals surface area contributed by atoms with Crippen LogP contribution >= 0.6 is 20.4 Å². The third-order valence-electron chi connectivity index (χ3n) is 1.01. The van der Waals surface area contributed by atoms with Gasteiger partial charge in [0.15, 0.2) is 0 Å². The van der Waals surface area contributed by atoms with E-state index in [1.807, 2.05) is 0 Å². The fraction of sp³-hybridized carbons (Fsp3) is 1.00. The Morgan fingerprint density at radius 3 is 2.90 bits per heavy atom. The molecule has 10 heavy (non-hydrogen) atoms. The average Bonchev–Trinajstić information content (AvgIpc) is 2.16. The summed E-state index contributed by atoms with van der Waals surface area (Å²) in [7, 11) is -0.316. The number of hydrogen-bond acceptors (Lipinski definition) is 4. The van der Waals surface area contributed by atoms with Crippen molar-refractivity contribution in [2.45, 2.75) is 12.0 Å². The van der Waals surface area contributed by atoms with Crippen molar-refractivity contribution in [1.82, 2.24) is 0 Å². The van der Waals surface area contributed by atoms with Crippen molar-refractivity contribution in [1.29, 1.82) is 0 Å². The molecule has 0 amide bonds. The summed E-state index contributed by atoms with van der Waals surface area (Å²) in [5.41, 5.74) is 0. The van der Waals surface area contributed by atoms with Gasteiger partial charge in [0.1, 0.15) is 0 Å². The molecule has 1 rings (SSSR count). The predicted molar refractivity (Wildman–Crippen MR) is 42.7 cm³/mol. The quantitative estimate of drug-likeness (QED) is 0.480. The van der Waals surface area contributed by atoms with E-state index in [0.29, 0.717) is 6.61 Å². The maximum absolute atomic E-state index is 9.95. The van der Waals surface area contributed by atoms with Crippen LogP contribution < -0.4 is 0 Å². The minimum atomic E-state index is -0.663. The Morgan fingerprint density at radius 2 is 2.50 bits per heavy atom. The molecule has 1 fully saturated rings. The molecular weight excluding hydrogens is 182 g/mol. The summed E-state index contributed by atoms with van der Waals surface area (Å²) in [6.07, 6.45) is 0. The van der Waals surface area contributed by atoms with Gasteiger partial charge in [-0.2, -0.15) is 0 Å². The molecule has 0 spiro atoms. The Labute approximate surface area is 87.8 Å². The van der Waals surface area contributed by atoms with Gasteiger partial charge < -0.3 is 4.74 Å². The fourth-order valence-electron chi connectivity index (χ4n) is 0.616. The molecule has 0 bridgehead atoms. The number of thioether (sulfide) groups is 1. The van der Waals surface area contributed by atoms with Crippen LogP contribution in [0.4, 0.5) is 0 Å². The van der Waals surface area contributed by atoms with Gasteiger partial charge in [-0.15, -0.1) is 0 Å². The minimum absolute atomic E-state index is 0. The molecule has 0 saturated carbocycles. The van der Waals surface area contributed by atoms with Gasteiger partial charge in [-0.1, -0.05) is 11.8 Å². The Kier molecular flexibility index (Phi) is 5.79. The Balaban J connectivity index is 0.000000810. The van der Waals surface area contributed by atoms with Gasteiger partial charge in [0.25, 0.3) is 0 Å². The monoisotopic (exact) mass is 190 g/mol. The van der Waals surface area contributed by atoms with Gasteiger partial charge >= 0.3 is 38.2 Å². The van der Waals surface area contributed by atoms with Crippen LogP contribution in [0.5, 0.6) is 0 Å². The van der Waals surface area contributed by atoms with Crippen LogP contribution in [0.1, 0.15) is 6.92 Å². The number of ether oxygens (including phenoxy) is 1. The van der Waals surface area contributed by atoms with Crippen LogP contribution in [0.15, 0.2) is 0 Å². The van der Waals surface area contributed by atoms with Crippen molar-refractivity contribution >= 4 is 50.0 Å². The van der Waals surface area contributed by atoms with Gasteiger partial charge in [0.05, 0.1) is 6.61 Å². The van der Waals surface area contributed by atoms with Gasteiger partial charge in [-0.05, 0) is 0 Å². The van der Waals surface area contributed by atoms with Gasteiger partial charge in [0, 0.05) is 12.7 Å². The third kappa shape index (κ3) is 3.18. The van der Waals surface area contributed by atoms with E-state index >= 15 is 0 Å². The van der Waals surface area contributed by atoms with Crippen LogP contribution in [0.2, 0.25) is 0 Å². The average molecular weight is 190 g/mol. The maximum atomic E-state index is 9.95. The zero-order chi connectivity index (χ0) is 6.74. The summed E-state index contributed by atoms with van der Waals surface area (Å²) in [5, 5.41) is -0.663. The molecular formula is C4H8NaO3PS. The van der Waals surface area contributed by atoms with Crippen LogP contribution in [0.3, 0.4) is 0 Å². The molecule has 0 N–H and O–H groups in total. The molecule has 1 unspecified atom stereocenters. The predicted octanol–water partition coefficient (Wildman–Crippen LogP) is 0.998. The van der Waals surface area contributed by atoms with E-state index in [2.05, 4.69) is 0 Å². The summed E-state index contributed by atoms with van der Waals surface area (Å²) >= 11 is 1.52. The summed E-state index contributed by atoms with van der Waals surface area (Å²) in [6.45, 7) is 2.44. The molecule has 0 aromatic rings. The van der Waals surface area contributed by atoms with Crippen LogP contribution in [0.25, 0.3) is 0 Å². The van der Waals surface area contributed by atoms with E-state index in [-0.39, 0.29) is 38.2 Å². The zero-order valence-corrected chi connectivity index (χ0v) is 6.71. The standard InChI is InChI=1S/C4H7O3PS.Na.H/c1-4(7-8-5)6-2-3-9-4;;/h2-3H2,1H3;;. The van der Waals surface area contributed by atoms with Crippen molar-refractivity contribution in [2.75, 3.05) is 12.4 Å². The first-order valence-corrected chi connectivity index (χ1v) is 4.27. The molecule has 1 aliphatic rings. The molecule has 0 radical (unpaired) electrons. The van der Waals surface area contributed by atoms with Crippen LogP contribution in [-0.2, 0) is 13.8 Å². The van der Waals surface area contributed by atoms with Crippen molar-refractivity contribution in [2.24, 2.45) is 0 Å². The molecule has 1 aliphatic heterocycles. The van der Waals surface area contributed by atoms with E-state index < -0.39 is 5.12 Å². The van der Waals surface area contributed by atoms with Gasteiger partial charge in [-0.25, -0.2) is 4.57 Å². The fourth-order valence-corrected chi connectivity index (χ4v) is 1.81. The zero-order valence-electron chi connectivity index (χ0n) is 4.99. The first-order chi connectivity index (χ1) is 4.27. The van der Waals surface area contributed by atoms with E-state index in [9.17, 15) is 4.57 Å². The van der Waals surface area contributed by atoms with E-state index in [1.54, 1.807) is 6.92 Å². The Hall–Kier alpha value is 1.37. The molecule has 3 nitrogen and oxygen atoms in total. The molecule has 1 atom stereocenters. The molecule has 0 aliphatic carbocycles. The second kappa shape index (κ2) is 5.09. The summed E-state index contributed by atoms with van der Waals surface area (Å²) in [5.74, 6) is 0.909. The first-order valence-electron chi connectivity index (χ1n) is 2.55. The molecule has 0 aromatic carbocycles. The molecule has 54 valence electrons. The number of rotatable bonds is 2. The van der Waals surface area contributed by atoms with Crippen molar-refractivity contribution < 1.29 is 13.8 Å². The van der Waals surface area contributed by atoms with Crippen molar-refractivity contribution in [3.8, 4) is 0 Å². The SMILES string of the molecule is CC1(OP=O)OCCS1.[NaH]. The Morgan fingerprint density at radius 1 is 1.80 bits per heavy atom. The van der Waals surface area contributed by atoms with Crippen molar-refractivity contribution in [3.63, 3.8) is 0 Å². The second-order valence-corrected chi connectivity index (χ2v) is 3.50. The van der Waals surface area contributed by atoms with Gasteiger partial charge in [-0.3, -0.25) is 4.52 Å². The van der Waals surface area contributed by atoms with E-state index in [4.69, 9.17) is 9.26 Å².